The molecule has 0 saturated carbocycles. The smallest absolute Gasteiger partial charge is 0.296 e. The summed E-state index contributed by atoms with van der Waals surface area (Å²) in [6.45, 7) is 0. The Morgan fingerprint density at radius 1 is 1.14 bits per heavy atom. The van der Waals surface area contributed by atoms with Crippen LogP contribution < -0.4 is 4.72 Å². The van der Waals surface area contributed by atoms with Crippen LogP contribution in [-0.4, -0.2) is 11.1 Å². The quantitative estimate of drug-likeness (QED) is 0.745. The Bertz CT molecular complexity index is 384. The van der Waals surface area contributed by atoms with E-state index in [2.05, 4.69) is 4.72 Å². The highest BCUT2D eigenvalue weighted by Crippen LogP contribution is 2.28. The maximum Gasteiger partial charge on any atom is 0.296 e. The van der Waals surface area contributed by atoms with E-state index in [4.69, 9.17) is 0 Å². The summed E-state index contributed by atoms with van der Waals surface area (Å²) in [7, 11) is -1.11. The molecule has 1 atom stereocenters. The first-order valence-electron chi connectivity index (χ1n) is 4.14. The zero-order valence-electron chi connectivity index (χ0n) is 7.28. The van der Waals surface area contributed by atoms with E-state index in [-0.39, 0.29) is 0 Å². The largest absolute Gasteiger partial charge is 0.330 e. The third-order valence-corrected chi connectivity index (χ3v) is 3.15. The van der Waals surface area contributed by atoms with E-state index in [1.165, 1.54) is 5.37 Å². The lowest BCUT2D eigenvalue weighted by Crippen LogP contribution is -2.04. The summed E-state index contributed by atoms with van der Waals surface area (Å²) in [6, 6.07) is 9.46. The Labute approximate surface area is 83.5 Å². The standard InChI is InChI=1S/C10H9F2NS/c11-10(12)14-7-6-9(13-14)8-4-2-1-3-5-8/h1-7,10,13H. The summed E-state index contributed by atoms with van der Waals surface area (Å²) in [5.74, 6) is -2.33. The molecule has 0 spiro atoms. The lowest BCUT2D eigenvalue weighted by atomic mass is 10.2. The van der Waals surface area contributed by atoms with Gasteiger partial charge < -0.3 is 4.72 Å². The molecule has 2 rings (SSSR count). The first kappa shape index (κ1) is 9.40. The summed E-state index contributed by atoms with van der Waals surface area (Å²) in [4.78, 5) is 0. The van der Waals surface area contributed by atoms with E-state index in [0.717, 1.165) is 11.3 Å². The molecule has 0 bridgehead atoms. The second-order valence-electron chi connectivity index (χ2n) is 2.82. The Hall–Kier alpha value is -1.16. The highest BCUT2D eigenvalue weighted by Gasteiger charge is 2.14. The molecule has 0 amide bonds. The van der Waals surface area contributed by atoms with Crippen molar-refractivity contribution in [2.24, 2.45) is 0 Å². The Kier molecular flexibility index (Phi) is 2.63. The van der Waals surface area contributed by atoms with Gasteiger partial charge in [-0.3, -0.25) is 0 Å². The van der Waals surface area contributed by atoms with Crippen LogP contribution in [0.15, 0.2) is 36.4 Å². The number of hydrogen-bond donors (Lipinski definition) is 1. The van der Waals surface area contributed by atoms with Crippen molar-refractivity contribution in [1.82, 2.24) is 4.72 Å². The van der Waals surface area contributed by atoms with Crippen molar-refractivity contribution < 1.29 is 8.78 Å². The van der Waals surface area contributed by atoms with Gasteiger partial charge in [0, 0.05) is 0 Å². The number of alkyl halides is 2. The molecule has 1 nitrogen and oxygen atoms in total. The van der Waals surface area contributed by atoms with E-state index < -0.39 is 16.4 Å². The average Bonchev–Trinajstić information content (AvgIpc) is 2.68. The number of allylic oxidation sites excluding steroid dienone is 1. The van der Waals surface area contributed by atoms with Crippen LogP contribution in [-0.2, 0) is 0 Å². The predicted octanol–water partition coefficient (Wildman–Crippen LogP) is 2.84. The maximum atomic E-state index is 12.3. The van der Waals surface area contributed by atoms with Crippen LogP contribution in [0, 0.1) is 0 Å². The lowest BCUT2D eigenvalue weighted by Gasteiger charge is -2.08. The number of benzene rings is 1. The van der Waals surface area contributed by atoms with E-state index in [1.807, 2.05) is 30.3 Å². The first-order valence-corrected chi connectivity index (χ1v) is 5.50. The first-order chi connectivity index (χ1) is 6.77. The molecule has 74 valence electrons. The number of halogens is 2. The van der Waals surface area contributed by atoms with Gasteiger partial charge in [-0.05, 0) is 27.7 Å². The number of hydrogen-bond acceptors (Lipinski definition) is 1. The van der Waals surface area contributed by atoms with Crippen LogP contribution >= 0.6 is 10.7 Å². The zero-order chi connectivity index (χ0) is 9.97. The van der Waals surface area contributed by atoms with Gasteiger partial charge in [0.15, 0.2) is 0 Å². The summed E-state index contributed by atoms with van der Waals surface area (Å²) < 4.78 is 27.4. The molecule has 1 aromatic rings. The molecule has 4 heteroatoms. The molecule has 1 aliphatic rings. The Morgan fingerprint density at radius 3 is 2.43 bits per heavy atom. The van der Waals surface area contributed by atoms with Crippen LogP contribution in [0.3, 0.4) is 0 Å². The molecule has 0 saturated heterocycles. The van der Waals surface area contributed by atoms with Gasteiger partial charge in [-0.25, -0.2) is 0 Å². The van der Waals surface area contributed by atoms with Crippen molar-refractivity contribution in [2.45, 2.75) is 5.76 Å². The average molecular weight is 213 g/mol. The summed E-state index contributed by atoms with van der Waals surface area (Å²) in [6.07, 6.45) is 1.71. The van der Waals surface area contributed by atoms with Crippen molar-refractivity contribution in [3.05, 3.63) is 42.0 Å². The van der Waals surface area contributed by atoms with Gasteiger partial charge >= 0.3 is 0 Å². The van der Waals surface area contributed by atoms with Gasteiger partial charge in [0.2, 0.25) is 0 Å². The topological polar surface area (TPSA) is 12.0 Å². The van der Waals surface area contributed by atoms with Gasteiger partial charge in [0.25, 0.3) is 5.76 Å². The van der Waals surface area contributed by atoms with E-state index in [0.29, 0.717) is 0 Å². The molecule has 0 radical (unpaired) electrons. The SMILES string of the molecule is FC(F)S1=CC=C(c2ccccc2)N1. The molecule has 14 heavy (non-hydrogen) atoms. The molecule has 1 N–H and O–H groups in total. The fourth-order valence-electron chi connectivity index (χ4n) is 1.21. The Morgan fingerprint density at radius 2 is 1.86 bits per heavy atom. The highest BCUT2D eigenvalue weighted by molar-refractivity contribution is 8.14. The van der Waals surface area contributed by atoms with E-state index >= 15 is 0 Å². The van der Waals surface area contributed by atoms with Gasteiger partial charge in [0.1, 0.15) is 0 Å². The fourth-order valence-corrected chi connectivity index (χ4v) is 2.21. The molecule has 1 aliphatic heterocycles. The minimum atomic E-state index is -2.33. The van der Waals surface area contributed by atoms with Crippen molar-refractivity contribution in [1.29, 1.82) is 0 Å². The number of nitrogens with one attached hydrogen (secondary N) is 1. The fraction of sp³-hybridized carbons (Fsp3) is 0.100. The van der Waals surface area contributed by atoms with Gasteiger partial charge in [-0.15, -0.1) is 0 Å². The molecule has 1 unspecified atom stereocenters. The normalized spacial score (nSPS) is 20.2. The lowest BCUT2D eigenvalue weighted by molar-refractivity contribution is 0.251. The molecule has 1 aromatic carbocycles. The van der Waals surface area contributed by atoms with Crippen LogP contribution in [0.1, 0.15) is 5.56 Å². The third kappa shape index (κ3) is 1.85. The Balaban J connectivity index is 2.13. The monoisotopic (exact) mass is 213 g/mol. The molecular weight excluding hydrogens is 204 g/mol. The van der Waals surface area contributed by atoms with Gasteiger partial charge in [0.05, 0.1) is 5.70 Å². The maximum absolute atomic E-state index is 12.3. The predicted molar refractivity (Wildman–Crippen MR) is 57.2 cm³/mol. The minimum Gasteiger partial charge on any atom is -0.330 e. The molecule has 0 aliphatic carbocycles. The van der Waals surface area contributed by atoms with Crippen LogP contribution in [0.5, 0.6) is 0 Å². The summed E-state index contributed by atoms with van der Waals surface area (Å²) in [5.41, 5.74) is 1.72. The van der Waals surface area contributed by atoms with Crippen molar-refractivity contribution >= 4 is 21.7 Å². The van der Waals surface area contributed by atoms with Crippen molar-refractivity contribution in [2.75, 3.05) is 0 Å². The molecule has 1 heterocycles. The van der Waals surface area contributed by atoms with Crippen molar-refractivity contribution in [3.8, 4) is 0 Å². The summed E-state index contributed by atoms with van der Waals surface area (Å²) in [5, 5.41) is 1.52. The second-order valence-corrected chi connectivity index (χ2v) is 4.39. The molecule has 0 aromatic heterocycles. The minimum absolute atomic E-state index is 0.772. The van der Waals surface area contributed by atoms with Crippen LogP contribution in [0.2, 0.25) is 0 Å². The molecule has 0 fully saturated rings. The third-order valence-electron chi connectivity index (χ3n) is 1.89. The second kappa shape index (κ2) is 3.92. The highest BCUT2D eigenvalue weighted by atomic mass is 32.2. The summed E-state index contributed by atoms with van der Waals surface area (Å²) >= 11 is 0. The van der Waals surface area contributed by atoms with E-state index in [9.17, 15) is 8.78 Å². The van der Waals surface area contributed by atoms with Gasteiger partial charge in [-0.2, -0.15) is 8.78 Å². The van der Waals surface area contributed by atoms with E-state index in [1.54, 1.807) is 6.08 Å². The number of rotatable bonds is 2. The van der Waals surface area contributed by atoms with Crippen LogP contribution in [0.4, 0.5) is 8.78 Å². The van der Waals surface area contributed by atoms with Crippen molar-refractivity contribution in [3.63, 3.8) is 0 Å². The van der Waals surface area contributed by atoms with Gasteiger partial charge in [-0.1, -0.05) is 30.3 Å². The zero-order valence-corrected chi connectivity index (χ0v) is 8.10. The van der Waals surface area contributed by atoms with Crippen LogP contribution in [0.25, 0.3) is 5.70 Å². The molecular formula is C10H9F2NS.